The minimum Gasteiger partial charge on any atom is -0.334 e. The van der Waals surface area contributed by atoms with E-state index in [4.69, 9.17) is 0 Å². The molecule has 7 heteroatoms. The number of hydrogen-bond donors (Lipinski definition) is 0. The average molecular weight is 198 g/mol. The van der Waals surface area contributed by atoms with Gasteiger partial charge < -0.3 is 4.84 Å². The number of pyridine rings is 1. The van der Waals surface area contributed by atoms with Crippen LogP contribution in [-0.2, 0) is 4.79 Å². The van der Waals surface area contributed by atoms with Gasteiger partial charge in [0.1, 0.15) is 0 Å². The van der Waals surface area contributed by atoms with Crippen LogP contribution in [0.2, 0.25) is 0 Å². The Balaban J connectivity index is 3.21. The summed E-state index contributed by atoms with van der Waals surface area (Å²) in [5, 5.41) is 10.3. The van der Waals surface area contributed by atoms with Crippen molar-refractivity contribution in [3.63, 3.8) is 0 Å². The molecule has 0 aliphatic rings. The first-order valence-electron chi connectivity index (χ1n) is 3.57. The minimum atomic E-state index is -0.979. The number of rotatable bonds is 2. The summed E-state index contributed by atoms with van der Waals surface area (Å²) in [4.78, 5) is 35.5. The summed E-state index contributed by atoms with van der Waals surface area (Å²) in [5.41, 5.74) is -1.62. The SMILES string of the molecule is CC(=O)On1cccc([N+](=O)[O-])c1=O. The predicted molar refractivity (Wildman–Crippen MR) is 44.6 cm³/mol. The van der Waals surface area contributed by atoms with Crippen LogP contribution in [0.4, 0.5) is 5.69 Å². The number of aromatic nitrogens is 1. The van der Waals surface area contributed by atoms with Gasteiger partial charge in [0.15, 0.2) is 0 Å². The van der Waals surface area contributed by atoms with Crippen molar-refractivity contribution < 1.29 is 14.6 Å². The summed E-state index contributed by atoms with van der Waals surface area (Å²) >= 11 is 0. The van der Waals surface area contributed by atoms with E-state index in [1.807, 2.05) is 0 Å². The number of nitrogens with zero attached hydrogens (tertiary/aromatic N) is 2. The van der Waals surface area contributed by atoms with Crippen molar-refractivity contribution in [3.8, 4) is 0 Å². The van der Waals surface area contributed by atoms with Gasteiger partial charge in [0, 0.05) is 19.2 Å². The standard InChI is InChI=1S/C7H6N2O5/c1-5(10)14-8-4-2-3-6(7(8)11)9(12)13/h2-4H,1H3. The Hall–Kier alpha value is -2.18. The maximum Gasteiger partial charge on any atom is 0.361 e. The first kappa shape index (κ1) is 9.90. The predicted octanol–water partition coefficient (Wildman–Crippen LogP) is -0.268. The summed E-state index contributed by atoms with van der Waals surface area (Å²) in [6.07, 6.45) is 1.12. The zero-order valence-electron chi connectivity index (χ0n) is 7.17. The molecule has 0 saturated heterocycles. The largest absolute Gasteiger partial charge is 0.361 e. The van der Waals surface area contributed by atoms with E-state index in [9.17, 15) is 19.7 Å². The van der Waals surface area contributed by atoms with Crippen LogP contribution in [0.1, 0.15) is 6.92 Å². The molecule has 0 aliphatic carbocycles. The molecule has 14 heavy (non-hydrogen) atoms. The van der Waals surface area contributed by atoms with E-state index in [0.29, 0.717) is 4.73 Å². The van der Waals surface area contributed by atoms with Gasteiger partial charge in [-0.3, -0.25) is 14.9 Å². The Morgan fingerprint density at radius 2 is 2.29 bits per heavy atom. The van der Waals surface area contributed by atoms with Crippen LogP contribution in [-0.4, -0.2) is 15.6 Å². The highest BCUT2D eigenvalue weighted by molar-refractivity contribution is 5.66. The Morgan fingerprint density at radius 1 is 1.64 bits per heavy atom. The highest BCUT2D eigenvalue weighted by atomic mass is 16.7. The Morgan fingerprint density at radius 3 is 2.79 bits per heavy atom. The summed E-state index contributed by atoms with van der Waals surface area (Å²) in [7, 11) is 0. The van der Waals surface area contributed by atoms with Crippen LogP contribution < -0.4 is 10.4 Å². The lowest BCUT2D eigenvalue weighted by Gasteiger charge is -2.01. The van der Waals surface area contributed by atoms with Crippen LogP contribution in [0, 0.1) is 10.1 Å². The Bertz CT molecular complexity index is 436. The van der Waals surface area contributed by atoms with Crippen molar-refractivity contribution in [3.05, 3.63) is 38.8 Å². The van der Waals surface area contributed by atoms with Crippen LogP contribution in [0.5, 0.6) is 0 Å². The van der Waals surface area contributed by atoms with Gasteiger partial charge in [-0.15, -0.1) is 4.73 Å². The normalized spacial score (nSPS) is 9.50. The van der Waals surface area contributed by atoms with Crippen molar-refractivity contribution in [1.29, 1.82) is 0 Å². The molecule has 0 atom stereocenters. The summed E-state index contributed by atoms with van der Waals surface area (Å²) in [6, 6.07) is 2.27. The van der Waals surface area contributed by atoms with Crippen molar-refractivity contribution in [2.75, 3.05) is 0 Å². The lowest BCUT2D eigenvalue weighted by molar-refractivity contribution is -0.386. The fourth-order valence-electron chi connectivity index (χ4n) is 0.814. The molecule has 1 aromatic heterocycles. The molecular formula is C7H6N2O5. The van der Waals surface area contributed by atoms with Crippen molar-refractivity contribution >= 4 is 11.7 Å². The molecule has 0 unspecified atom stereocenters. The highest BCUT2D eigenvalue weighted by Gasteiger charge is 2.14. The molecule has 1 heterocycles. The van der Waals surface area contributed by atoms with Gasteiger partial charge >= 0.3 is 17.2 Å². The van der Waals surface area contributed by atoms with Crippen molar-refractivity contribution in [1.82, 2.24) is 4.73 Å². The third-order valence-corrected chi connectivity index (χ3v) is 1.32. The third kappa shape index (κ3) is 1.94. The molecule has 1 rings (SSSR count). The molecular weight excluding hydrogens is 192 g/mol. The van der Waals surface area contributed by atoms with E-state index >= 15 is 0 Å². The van der Waals surface area contributed by atoms with E-state index in [2.05, 4.69) is 4.84 Å². The van der Waals surface area contributed by atoms with Gasteiger partial charge in [0.05, 0.1) is 4.92 Å². The van der Waals surface area contributed by atoms with Crippen molar-refractivity contribution in [2.24, 2.45) is 0 Å². The summed E-state index contributed by atoms with van der Waals surface area (Å²) < 4.78 is 0.514. The van der Waals surface area contributed by atoms with E-state index in [-0.39, 0.29) is 0 Å². The fourth-order valence-corrected chi connectivity index (χ4v) is 0.814. The second-order valence-electron chi connectivity index (χ2n) is 2.36. The number of carbonyl (C=O) groups excluding carboxylic acids is 1. The highest BCUT2D eigenvalue weighted by Crippen LogP contribution is 2.00. The molecule has 0 amide bonds. The van der Waals surface area contributed by atoms with E-state index in [1.54, 1.807) is 0 Å². The topological polar surface area (TPSA) is 91.4 Å². The molecule has 1 aromatic rings. The summed E-state index contributed by atoms with van der Waals surface area (Å²) in [5.74, 6) is -0.729. The molecule has 0 aliphatic heterocycles. The Labute approximate surface area is 77.6 Å². The maximum absolute atomic E-state index is 11.2. The maximum atomic E-state index is 11.2. The molecule has 0 aromatic carbocycles. The molecule has 0 saturated carbocycles. The van der Waals surface area contributed by atoms with Gasteiger partial charge in [0.25, 0.3) is 0 Å². The van der Waals surface area contributed by atoms with E-state index < -0.39 is 22.1 Å². The van der Waals surface area contributed by atoms with Gasteiger partial charge in [-0.05, 0) is 6.07 Å². The molecule has 74 valence electrons. The van der Waals surface area contributed by atoms with Gasteiger partial charge in [-0.1, -0.05) is 0 Å². The Kier molecular flexibility index (Phi) is 2.61. The number of nitro groups is 1. The smallest absolute Gasteiger partial charge is 0.334 e. The van der Waals surface area contributed by atoms with Crippen LogP contribution >= 0.6 is 0 Å². The zero-order chi connectivity index (χ0) is 10.7. The number of hydrogen-bond acceptors (Lipinski definition) is 5. The van der Waals surface area contributed by atoms with E-state index in [0.717, 1.165) is 19.2 Å². The third-order valence-electron chi connectivity index (χ3n) is 1.32. The first-order valence-corrected chi connectivity index (χ1v) is 3.57. The molecule has 0 fully saturated rings. The quantitative estimate of drug-likeness (QED) is 0.481. The van der Waals surface area contributed by atoms with Crippen molar-refractivity contribution in [2.45, 2.75) is 6.92 Å². The van der Waals surface area contributed by atoms with Crippen LogP contribution in [0.25, 0.3) is 0 Å². The van der Waals surface area contributed by atoms with Gasteiger partial charge in [0.2, 0.25) is 0 Å². The molecule has 0 bridgehead atoms. The molecule has 7 nitrogen and oxygen atoms in total. The van der Waals surface area contributed by atoms with Crippen LogP contribution in [0.3, 0.4) is 0 Å². The molecule has 0 radical (unpaired) electrons. The second kappa shape index (κ2) is 3.69. The first-order chi connectivity index (χ1) is 6.52. The number of carbonyl (C=O) groups is 1. The fraction of sp³-hybridized carbons (Fsp3) is 0.143. The lowest BCUT2D eigenvalue weighted by Crippen LogP contribution is -2.30. The minimum absolute atomic E-state index is 0.514. The lowest BCUT2D eigenvalue weighted by atomic mass is 10.4. The molecule has 0 N–H and O–H groups in total. The summed E-state index contributed by atoms with van der Waals surface area (Å²) in [6.45, 7) is 1.09. The van der Waals surface area contributed by atoms with Gasteiger partial charge in [-0.2, -0.15) is 0 Å². The average Bonchev–Trinajstić information content (AvgIpc) is 2.07. The molecule has 0 spiro atoms. The second-order valence-corrected chi connectivity index (χ2v) is 2.36. The monoisotopic (exact) mass is 198 g/mol. The van der Waals surface area contributed by atoms with Gasteiger partial charge in [-0.25, -0.2) is 4.79 Å². The van der Waals surface area contributed by atoms with Crippen LogP contribution in [0.15, 0.2) is 23.1 Å². The zero-order valence-corrected chi connectivity index (χ0v) is 7.17. The van der Waals surface area contributed by atoms with E-state index in [1.165, 1.54) is 6.07 Å².